The molecule has 32 heavy (non-hydrogen) atoms. The Morgan fingerprint density at radius 3 is 2.50 bits per heavy atom. The van der Waals surface area contributed by atoms with Crippen LogP contribution in [0.1, 0.15) is 69.2 Å². The Hall–Kier alpha value is -3.28. The van der Waals surface area contributed by atoms with Crippen LogP contribution in [0.3, 0.4) is 0 Å². The highest BCUT2D eigenvalue weighted by atomic mass is 16.3. The molecule has 5 N–H and O–H groups in total. The molecule has 0 heterocycles. The summed E-state index contributed by atoms with van der Waals surface area (Å²) in [5, 5.41) is 15.9. The number of nitrogens with one attached hydrogen (secondary N) is 2. The minimum atomic E-state index is -0.340. The summed E-state index contributed by atoms with van der Waals surface area (Å²) in [6.45, 7) is 10.1. The maximum absolute atomic E-state index is 12.9. The van der Waals surface area contributed by atoms with Gasteiger partial charge in [-0.25, -0.2) is 9.79 Å². The van der Waals surface area contributed by atoms with Gasteiger partial charge < -0.3 is 16.2 Å². The summed E-state index contributed by atoms with van der Waals surface area (Å²) in [5.74, 6) is 0.915. The molecular weight excluding hydrogens is 400 g/mol. The van der Waals surface area contributed by atoms with E-state index in [2.05, 4.69) is 34.7 Å². The number of hydrogen-bond donors (Lipinski definition) is 4. The highest BCUT2D eigenvalue weighted by Crippen LogP contribution is 2.36. The molecule has 0 fully saturated rings. The molecule has 6 heteroatoms. The zero-order valence-corrected chi connectivity index (χ0v) is 19.6. The smallest absolute Gasteiger partial charge is 0.320 e. The van der Waals surface area contributed by atoms with Crippen LogP contribution in [0.4, 0.5) is 10.5 Å². The maximum Gasteiger partial charge on any atom is 0.320 e. The van der Waals surface area contributed by atoms with E-state index in [0.717, 1.165) is 24.0 Å². The van der Waals surface area contributed by atoms with Crippen molar-refractivity contribution in [3.8, 4) is 5.75 Å². The first-order valence-corrected chi connectivity index (χ1v) is 11.1. The molecular formula is C26H34N4O2. The van der Waals surface area contributed by atoms with Gasteiger partial charge in [0.15, 0.2) is 0 Å². The van der Waals surface area contributed by atoms with Crippen LogP contribution >= 0.6 is 0 Å². The molecule has 0 aliphatic heterocycles. The lowest BCUT2D eigenvalue weighted by Gasteiger charge is -2.30. The summed E-state index contributed by atoms with van der Waals surface area (Å²) in [5.41, 5.74) is 10.4. The summed E-state index contributed by atoms with van der Waals surface area (Å²) in [6, 6.07) is 12.9. The first-order valence-electron chi connectivity index (χ1n) is 11.1. The van der Waals surface area contributed by atoms with E-state index in [1.165, 1.54) is 5.56 Å². The van der Waals surface area contributed by atoms with Crippen molar-refractivity contribution in [3.05, 3.63) is 70.9 Å². The second-order valence-corrected chi connectivity index (χ2v) is 9.63. The van der Waals surface area contributed by atoms with Crippen molar-refractivity contribution in [1.82, 2.24) is 10.6 Å². The fourth-order valence-corrected chi connectivity index (χ4v) is 3.87. The van der Waals surface area contributed by atoms with Gasteiger partial charge in [0.05, 0.1) is 11.7 Å². The van der Waals surface area contributed by atoms with E-state index in [-0.39, 0.29) is 23.2 Å². The van der Waals surface area contributed by atoms with Crippen LogP contribution in [0.5, 0.6) is 5.75 Å². The first-order chi connectivity index (χ1) is 15.0. The van der Waals surface area contributed by atoms with E-state index >= 15 is 0 Å². The minimum absolute atomic E-state index is 0.0596. The first kappa shape index (κ1) is 23.4. The van der Waals surface area contributed by atoms with Crippen molar-refractivity contribution in [3.63, 3.8) is 0 Å². The van der Waals surface area contributed by atoms with Gasteiger partial charge in [0.25, 0.3) is 0 Å². The molecule has 0 radical (unpaired) electrons. The Bertz CT molecular complexity index is 1030. The predicted octanol–water partition coefficient (Wildman–Crippen LogP) is 5.56. The largest absolute Gasteiger partial charge is 0.508 e. The highest BCUT2D eigenvalue weighted by Gasteiger charge is 2.26. The van der Waals surface area contributed by atoms with Crippen LogP contribution in [0.2, 0.25) is 0 Å². The minimum Gasteiger partial charge on any atom is -0.508 e. The van der Waals surface area contributed by atoms with Gasteiger partial charge in [-0.1, -0.05) is 52.0 Å². The van der Waals surface area contributed by atoms with Crippen molar-refractivity contribution in [2.45, 2.75) is 59.4 Å². The Morgan fingerprint density at radius 2 is 1.84 bits per heavy atom. The number of aromatic hydroxyl groups is 1. The average Bonchev–Trinajstić information content (AvgIpc) is 2.68. The number of carbonyl (C=O) groups excluding carboxylic acids is 1. The molecule has 0 unspecified atom stereocenters. The third-order valence-electron chi connectivity index (χ3n) is 5.79. The fraction of sp³-hybridized carbons (Fsp3) is 0.385. The van der Waals surface area contributed by atoms with E-state index in [1.54, 1.807) is 18.2 Å². The lowest BCUT2D eigenvalue weighted by atomic mass is 9.81. The van der Waals surface area contributed by atoms with Crippen molar-refractivity contribution in [2.75, 3.05) is 0 Å². The average molecular weight is 435 g/mol. The van der Waals surface area contributed by atoms with Crippen LogP contribution < -0.4 is 16.4 Å². The molecule has 0 spiro atoms. The molecule has 0 saturated heterocycles. The molecule has 170 valence electrons. The summed E-state index contributed by atoms with van der Waals surface area (Å²) in [6.07, 6.45) is 3.57. The summed E-state index contributed by atoms with van der Waals surface area (Å²) < 4.78 is 0. The van der Waals surface area contributed by atoms with Crippen LogP contribution in [-0.2, 0) is 0 Å². The Balaban J connectivity index is 1.86. The normalized spacial score (nSPS) is 19.3. The van der Waals surface area contributed by atoms with Crippen LogP contribution in [0.25, 0.3) is 0 Å². The van der Waals surface area contributed by atoms with Gasteiger partial charge in [-0.15, -0.1) is 0 Å². The molecule has 1 aliphatic rings. The lowest BCUT2D eigenvalue weighted by molar-refractivity contribution is 0.239. The van der Waals surface area contributed by atoms with Crippen molar-refractivity contribution in [2.24, 2.45) is 16.1 Å². The SMILES string of the molecule is Cc1cc(O)cc(N=C(C=C(N)C(C)(C)C)NC(=O)N[C@H]2CC[C@@H](C)c3ccccc32)c1. The number of benzene rings is 2. The second kappa shape index (κ2) is 9.47. The van der Waals surface area contributed by atoms with E-state index in [9.17, 15) is 9.90 Å². The fourth-order valence-electron chi connectivity index (χ4n) is 3.87. The van der Waals surface area contributed by atoms with Crippen molar-refractivity contribution < 1.29 is 9.90 Å². The number of carbonyl (C=O) groups is 1. The number of aryl methyl sites for hydroxylation is 1. The molecule has 3 rings (SSSR count). The molecule has 0 bridgehead atoms. The number of amidine groups is 1. The topological polar surface area (TPSA) is 99.7 Å². The Kier molecular flexibility index (Phi) is 6.92. The molecule has 2 atom stereocenters. The van der Waals surface area contributed by atoms with E-state index < -0.39 is 0 Å². The number of phenolic OH excluding ortho intramolecular Hbond substituents is 1. The quantitative estimate of drug-likeness (QED) is 0.376. The number of rotatable bonds is 3. The third kappa shape index (κ3) is 5.90. The summed E-state index contributed by atoms with van der Waals surface area (Å²) in [4.78, 5) is 17.5. The van der Waals surface area contributed by atoms with Gasteiger partial charge in [0.1, 0.15) is 11.6 Å². The van der Waals surface area contributed by atoms with Gasteiger partial charge in [-0.05, 0) is 54.5 Å². The Morgan fingerprint density at radius 1 is 1.16 bits per heavy atom. The zero-order valence-electron chi connectivity index (χ0n) is 19.6. The van der Waals surface area contributed by atoms with E-state index in [4.69, 9.17) is 5.73 Å². The number of hydrogen-bond acceptors (Lipinski definition) is 4. The third-order valence-corrected chi connectivity index (χ3v) is 5.79. The number of phenols is 1. The van der Waals surface area contributed by atoms with Gasteiger partial charge in [0.2, 0.25) is 0 Å². The van der Waals surface area contributed by atoms with Gasteiger partial charge >= 0.3 is 6.03 Å². The van der Waals surface area contributed by atoms with Gasteiger partial charge in [-0.3, -0.25) is 5.32 Å². The molecule has 0 aromatic heterocycles. The number of urea groups is 1. The molecule has 1 aliphatic carbocycles. The molecule has 2 aromatic rings. The lowest BCUT2D eigenvalue weighted by Crippen LogP contribution is -2.42. The van der Waals surface area contributed by atoms with Crippen LogP contribution in [0.15, 0.2) is 59.2 Å². The molecule has 0 saturated carbocycles. The number of allylic oxidation sites excluding steroid dienone is 1. The predicted molar refractivity (Wildman–Crippen MR) is 130 cm³/mol. The second-order valence-electron chi connectivity index (χ2n) is 9.63. The number of amides is 2. The van der Waals surface area contributed by atoms with Gasteiger partial charge in [0, 0.05) is 23.3 Å². The standard InChI is InChI=1S/C26H34N4O2/c1-16-12-18(14-19(31)13-16)28-24(15-23(27)26(3,4)5)30-25(32)29-22-11-10-17(2)20-8-6-7-9-21(20)22/h6-9,12-15,17,22,31H,10-11,27H2,1-5H3,(H2,28,29,30,32)/t17-,22+/m1/s1. The van der Waals surface area contributed by atoms with Gasteiger partial charge in [-0.2, -0.15) is 0 Å². The number of nitrogens with two attached hydrogens (primary N) is 1. The molecule has 2 aromatic carbocycles. The zero-order chi connectivity index (χ0) is 23.5. The molecule has 6 nitrogen and oxygen atoms in total. The number of aliphatic imine (C=N–C) groups is 1. The highest BCUT2D eigenvalue weighted by molar-refractivity contribution is 6.05. The van der Waals surface area contributed by atoms with E-state index in [1.807, 2.05) is 45.9 Å². The monoisotopic (exact) mass is 434 g/mol. The summed E-state index contributed by atoms with van der Waals surface area (Å²) >= 11 is 0. The maximum atomic E-state index is 12.9. The molecule has 2 amide bonds. The van der Waals surface area contributed by atoms with Crippen LogP contribution in [0, 0.1) is 12.3 Å². The Labute approximate surface area is 190 Å². The number of nitrogens with zero attached hydrogens (tertiary/aromatic N) is 1. The van der Waals surface area contributed by atoms with Crippen LogP contribution in [-0.4, -0.2) is 17.0 Å². The number of fused-ring (bicyclic) bond motifs is 1. The van der Waals surface area contributed by atoms with E-state index in [0.29, 0.717) is 23.1 Å². The van der Waals surface area contributed by atoms with Crippen molar-refractivity contribution >= 4 is 17.6 Å². The summed E-state index contributed by atoms with van der Waals surface area (Å²) in [7, 11) is 0. The van der Waals surface area contributed by atoms with Crippen molar-refractivity contribution in [1.29, 1.82) is 0 Å².